The van der Waals surface area contributed by atoms with E-state index in [-0.39, 0.29) is 24.0 Å². The molecule has 1 fully saturated rings. The molecule has 0 bridgehead atoms. The summed E-state index contributed by atoms with van der Waals surface area (Å²) in [4.78, 5) is 8.35. The van der Waals surface area contributed by atoms with Crippen LogP contribution in [0.25, 0.3) is 0 Å². The van der Waals surface area contributed by atoms with E-state index in [0.717, 1.165) is 23.3 Å². The summed E-state index contributed by atoms with van der Waals surface area (Å²) in [5, 5.41) is 3.37. The second-order valence-corrected chi connectivity index (χ2v) is 6.96. The first-order chi connectivity index (χ1) is 14.6. The number of guanidine groups is 1. The lowest BCUT2D eigenvalue weighted by molar-refractivity contribution is 0.146. The fourth-order valence-corrected chi connectivity index (χ4v) is 3.39. The number of anilines is 1. The van der Waals surface area contributed by atoms with Crippen LogP contribution in [0, 0.1) is 11.6 Å². The first-order valence-corrected chi connectivity index (χ1v) is 9.97. The molecular formula is C22H29F2IN4O2. The number of nitrogens with zero attached hydrogens (tertiary/aromatic N) is 3. The largest absolute Gasteiger partial charge is 0.491 e. The molecule has 0 radical (unpaired) electrons. The topological polar surface area (TPSA) is 49.3 Å². The zero-order valence-corrected chi connectivity index (χ0v) is 20.1. The van der Waals surface area contributed by atoms with Gasteiger partial charge in [-0.3, -0.25) is 4.99 Å². The number of nitrogens with one attached hydrogen (secondary N) is 1. The molecule has 0 aliphatic carbocycles. The molecule has 0 spiro atoms. The van der Waals surface area contributed by atoms with Gasteiger partial charge >= 0.3 is 0 Å². The van der Waals surface area contributed by atoms with Gasteiger partial charge in [-0.2, -0.15) is 0 Å². The highest BCUT2D eigenvalue weighted by Crippen LogP contribution is 2.22. The summed E-state index contributed by atoms with van der Waals surface area (Å²) in [5.41, 5.74) is 1.38. The summed E-state index contributed by atoms with van der Waals surface area (Å²) in [6.45, 7) is 4.15. The lowest BCUT2D eigenvalue weighted by Crippen LogP contribution is -2.52. The van der Waals surface area contributed by atoms with Crippen LogP contribution in [0.3, 0.4) is 0 Å². The van der Waals surface area contributed by atoms with Crippen molar-refractivity contribution >= 4 is 35.6 Å². The summed E-state index contributed by atoms with van der Waals surface area (Å²) in [6.07, 6.45) is 0. The van der Waals surface area contributed by atoms with Crippen molar-refractivity contribution in [2.24, 2.45) is 4.99 Å². The number of methoxy groups -OCH3 is 1. The Labute approximate surface area is 199 Å². The number of halogens is 3. The molecule has 2 aromatic rings. The van der Waals surface area contributed by atoms with E-state index in [2.05, 4.69) is 15.2 Å². The number of ether oxygens (including phenoxy) is 2. The number of rotatable bonds is 7. The van der Waals surface area contributed by atoms with Crippen LogP contribution in [0.15, 0.2) is 47.5 Å². The lowest BCUT2D eigenvalue weighted by atomic mass is 10.2. The highest BCUT2D eigenvalue weighted by Gasteiger charge is 2.22. The van der Waals surface area contributed by atoms with Gasteiger partial charge in [-0.15, -0.1) is 24.0 Å². The summed E-state index contributed by atoms with van der Waals surface area (Å²) in [6, 6.07) is 11.4. The molecule has 1 aliphatic heterocycles. The van der Waals surface area contributed by atoms with Gasteiger partial charge in [0, 0.05) is 52.9 Å². The number of benzene rings is 2. The summed E-state index contributed by atoms with van der Waals surface area (Å²) < 4.78 is 38.2. The molecule has 6 nitrogen and oxygen atoms in total. The van der Waals surface area contributed by atoms with E-state index in [4.69, 9.17) is 9.47 Å². The molecule has 1 N–H and O–H groups in total. The molecule has 0 saturated carbocycles. The molecule has 0 aromatic heterocycles. The Balaban J connectivity index is 0.00000341. The third-order valence-corrected chi connectivity index (χ3v) is 4.95. The highest BCUT2D eigenvalue weighted by molar-refractivity contribution is 14.0. The number of hydrogen-bond donors (Lipinski definition) is 1. The van der Waals surface area contributed by atoms with E-state index in [1.54, 1.807) is 14.2 Å². The van der Waals surface area contributed by atoms with E-state index in [0.29, 0.717) is 51.6 Å². The van der Waals surface area contributed by atoms with Gasteiger partial charge in [0.1, 0.15) is 24.0 Å². The van der Waals surface area contributed by atoms with Crippen molar-refractivity contribution in [3.63, 3.8) is 0 Å². The minimum atomic E-state index is -0.431. The van der Waals surface area contributed by atoms with Gasteiger partial charge in [-0.25, -0.2) is 8.78 Å². The van der Waals surface area contributed by atoms with Crippen LogP contribution in [0.5, 0.6) is 5.75 Å². The third-order valence-electron chi connectivity index (χ3n) is 4.95. The van der Waals surface area contributed by atoms with Crippen molar-refractivity contribution in [3.05, 3.63) is 59.7 Å². The van der Waals surface area contributed by atoms with Crippen LogP contribution >= 0.6 is 24.0 Å². The van der Waals surface area contributed by atoms with Crippen molar-refractivity contribution < 1.29 is 18.3 Å². The standard InChI is InChI=1S/C22H28F2N4O2.HI/c1-25-22(26-16-17-4-3-5-19(14-17)30-13-12-29-2)28-10-8-27(9-11-28)21-15-18(23)6-7-20(21)24;/h3-7,14-15H,8-13,16H2,1-2H3,(H,25,26);1H. The number of piperazine rings is 1. The predicted octanol–water partition coefficient (Wildman–Crippen LogP) is 3.51. The van der Waals surface area contributed by atoms with E-state index in [9.17, 15) is 8.78 Å². The molecule has 0 atom stereocenters. The molecule has 3 rings (SSSR count). The van der Waals surface area contributed by atoms with Crippen LogP contribution in [-0.2, 0) is 11.3 Å². The monoisotopic (exact) mass is 546 g/mol. The Morgan fingerprint density at radius 3 is 2.55 bits per heavy atom. The van der Waals surface area contributed by atoms with Crippen LogP contribution in [0.2, 0.25) is 0 Å². The zero-order valence-electron chi connectivity index (χ0n) is 17.8. The molecule has 9 heteroatoms. The number of aliphatic imine (C=N–C) groups is 1. The molecule has 2 aromatic carbocycles. The second kappa shape index (κ2) is 12.7. The number of hydrogen-bond acceptors (Lipinski definition) is 4. The minimum absolute atomic E-state index is 0. The Morgan fingerprint density at radius 1 is 1.06 bits per heavy atom. The summed E-state index contributed by atoms with van der Waals surface area (Å²) >= 11 is 0. The Bertz CT molecular complexity index is 861. The smallest absolute Gasteiger partial charge is 0.194 e. The van der Waals surface area contributed by atoms with Crippen LogP contribution < -0.4 is 15.0 Å². The van der Waals surface area contributed by atoms with Crippen molar-refractivity contribution in [2.45, 2.75) is 6.54 Å². The predicted molar refractivity (Wildman–Crippen MR) is 130 cm³/mol. The quantitative estimate of drug-likeness (QED) is 0.250. The average molecular weight is 546 g/mol. The maximum absolute atomic E-state index is 14.0. The van der Waals surface area contributed by atoms with Gasteiger partial charge < -0.3 is 24.6 Å². The molecule has 0 amide bonds. The molecule has 1 saturated heterocycles. The Hall–Kier alpha value is -2.14. The molecular weight excluding hydrogens is 517 g/mol. The van der Waals surface area contributed by atoms with Crippen molar-refractivity contribution in [1.82, 2.24) is 10.2 Å². The van der Waals surface area contributed by atoms with Gasteiger partial charge in [0.2, 0.25) is 0 Å². The third kappa shape index (κ3) is 7.20. The maximum Gasteiger partial charge on any atom is 0.194 e. The highest BCUT2D eigenvalue weighted by atomic mass is 127. The minimum Gasteiger partial charge on any atom is -0.491 e. The van der Waals surface area contributed by atoms with Crippen LogP contribution in [-0.4, -0.2) is 64.4 Å². The SMILES string of the molecule is CN=C(NCc1cccc(OCCOC)c1)N1CCN(c2cc(F)ccc2F)CC1.I. The molecule has 31 heavy (non-hydrogen) atoms. The van der Waals surface area contributed by atoms with E-state index in [1.807, 2.05) is 29.2 Å². The van der Waals surface area contributed by atoms with Crippen molar-refractivity contribution in [3.8, 4) is 5.75 Å². The van der Waals surface area contributed by atoms with Crippen LogP contribution in [0.4, 0.5) is 14.5 Å². The fraction of sp³-hybridized carbons (Fsp3) is 0.409. The van der Waals surface area contributed by atoms with Crippen molar-refractivity contribution in [1.29, 1.82) is 0 Å². The van der Waals surface area contributed by atoms with Gasteiger partial charge in [0.15, 0.2) is 5.96 Å². The maximum atomic E-state index is 14.0. The summed E-state index contributed by atoms with van der Waals surface area (Å²) in [5.74, 6) is 0.742. The van der Waals surface area contributed by atoms with E-state index < -0.39 is 11.6 Å². The van der Waals surface area contributed by atoms with Gasteiger partial charge in [0.05, 0.1) is 12.3 Å². The lowest BCUT2D eigenvalue weighted by Gasteiger charge is -2.37. The fourth-order valence-electron chi connectivity index (χ4n) is 3.39. The van der Waals surface area contributed by atoms with Crippen molar-refractivity contribution in [2.75, 3.05) is 58.5 Å². The van der Waals surface area contributed by atoms with E-state index in [1.165, 1.54) is 12.1 Å². The first kappa shape index (κ1) is 25.1. The van der Waals surface area contributed by atoms with E-state index >= 15 is 0 Å². The average Bonchev–Trinajstić information content (AvgIpc) is 2.77. The zero-order chi connectivity index (χ0) is 21.3. The van der Waals surface area contributed by atoms with Crippen LogP contribution in [0.1, 0.15) is 5.56 Å². The molecule has 0 unspecified atom stereocenters. The summed E-state index contributed by atoms with van der Waals surface area (Å²) in [7, 11) is 3.38. The normalized spacial score (nSPS) is 14.3. The molecule has 1 aliphatic rings. The van der Waals surface area contributed by atoms with Gasteiger partial charge in [-0.05, 0) is 29.8 Å². The first-order valence-electron chi connectivity index (χ1n) is 9.97. The van der Waals surface area contributed by atoms with Gasteiger partial charge in [-0.1, -0.05) is 12.1 Å². The molecule has 170 valence electrons. The Morgan fingerprint density at radius 2 is 1.84 bits per heavy atom. The Kier molecular flexibility index (Phi) is 10.3. The molecule has 1 heterocycles. The van der Waals surface area contributed by atoms with Gasteiger partial charge in [0.25, 0.3) is 0 Å². The second-order valence-electron chi connectivity index (χ2n) is 6.96.